The predicted molar refractivity (Wildman–Crippen MR) is 157 cm³/mol. The van der Waals surface area contributed by atoms with Gasteiger partial charge in [0, 0.05) is 0 Å². The van der Waals surface area contributed by atoms with E-state index in [1.165, 1.54) is 50.1 Å². The SMILES string of the molecule is C.C.C.C.CC.CC.Cc1ccc2c(c1)C1(c3ccccc3-c3ccccc31)c1ccccc1-2. The highest BCUT2D eigenvalue weighted by molar-refractivity contribution is 5.94. The summed E-state index contributed by atoms with van der Waals surface area (Å²) in [6.45, 7) is 10.2. The average molecular weight is 455 g/mol. The van der Waals surface area contributed by atoms with Crippen molar-refractivity contribution >= 4 is 0 Å². The van der Waals surface area contributed by atoms with Gasteiger partial charge in [-0.2, -0.15) is 0 Å². The van der Waals surface area contributed by atoms with Crippen LogP contribution >= 0.6 is 0 Å². The van der Waals surface area contributed by atoms with Crippen LogP contribution in [-0.2, 0) is 5.41 Å². The largest absolute Gasteiger partial charge is 0.0776 e. The van der Waals surface area contributed by atoms with Crippen LogP contribution in [0.15, 0.2) is 91.0 Å². The van der Waals surface area contributed by atoms with E-state index in [1.807, 2.05) is 27.7 Å². The van der Waals surface area contributed by atoms with Crippen molar-refractivity contribution in [2.75, 3.05) is 0 Å². The molecule has 0 atom stereocenters. The number of aryl methyl sites for hydroxylation is 1. The van der Waals surface area contributed by atoms with E-state index >= 15 is 0 Å². The molecule has 34 heavy (non-hydrogen) atoms. The third-order valence-corrected chi connectivity index (χ3v) is 6.15. The number of hydrogen-bond acceptors (Lipinski definition) is 0. The van der Waals surface area contributed by atoms with Crippen molar-refractivity contribution in [1.29, 1.82) is 0 Å². The van der Waals surface area contributed by atoms with Gasteiger partial charge in [0.25, 0.3) is 0 Å². The van der Waals surface area contributed by atoms with Crippen molar-refractivity contribution in [3.05, 3.63) is 119 Å². The Bertz CT molecular complexity index is 1130. The van der Waals surface area contributed by atoms with Crippen LogP contribution in [0.2, 0.25) is 0 Å². The molecule has 0 heteroatoms. The second kappa shape index (κ2) is 12.4. The van der Waals surface area contributed by atoms with Gasteiger partial charge in [-0.15, -0.1) is 0 Å². The van der Waals surface area contributed by atoms with Gasteiger partial charge in [-0.25, -0.2) is 0 Å². The summed E-state index contributed by atoms with van der Waals surface area (Å²) < 4.78 is 0. The molecule has 4 aromatic rings. The maximum Gasteiger partial charge on any atom is 0.0725 e. The first-order valence-electron chi connectivity index (χ1n) is 11.2. The summed E-state index contributed by atoms with van der Waals surface area (Å²) in [5.41, 5.74) is 12.3. The zero-order valence-corrected chi connectivity index (χ0v) is 18.7. The van der Waals surface area contributed by atoms with Crippen LogP contribution in [0.3, 0.4) is 0 Å². The number of fused-ring (bicyclic) bond motifs is 10. The molecule has 0 aliphatic heterocycles. The summed E-state index contributed by atoms with van der Waals surface area (Å²) in [4.78, 5) is 0. The highest BCUT2D eigenvalue weighted by Crippen LogP contribution is 2.62. The molecule has 0 N–H and O–H groups in total. The lowest BCUT2D eigenvalue weighted by Crippen LogP contribution is -2.25. The Kier molecular flexibility index (Phi) is 11.2. The molecular formula is C34H46. The summed E-state index contributed by atoms with van der Waals surface area (Å²) in [6.07, 6.45) is 0. The highest BCUT2D eigenvalue weighted by Gasteiger charge is 2.51. The second-order valence-corrected chi connectivity index (χ2v) is 7.44. The maximum atomic E-state index is 2.40. The average Bonchev–Trinajstić information content (AvgIpc) is 3.29. The summed E-state index contributed by atoms with van der Waals surface area (Å²) in [6, 6.07) is 33.8. The monoisotopic (exact) mass is 454 g/mol. The van der Waals surface area contributed by atoms with Crippen molar-refractivity contribution in [3.63, 3.8) is 0 Å². The fourth-order valence-corrected chi connectivity index (χ4v) is 5.21. The molecule has 0 bridgehead atoms. The van der Waals surface area contributed by atoms with Gasteiger partial charge in [0.05, 0.1) is 5.41 Å². The van der Waals surface area contributed by atoms with Crippen molar-refractivity contribution in [2.24, 2.45) is 0 Å². The van der Waals surface area contributed by atoms with Crippen LogP contribution in [0.1, 0.15) is 85.2 Å². The van der Waals surface area contributed by atoms with E-state index < -0.39 is 0 Å². The Balaban J connectivity index is 0.00000130. The van der Waals surface area contributed by atoms with Crippen LogP contribution in [-0.4, -0.2) is 0 Å². The van der Waals surface area contributed by atoms with Crippen LogP contribution in [0.5, 0.6) is 0 Å². The first-order valence-corrected chi connectivity index (χ1v) is 11.2. The molecule has 1 spiro atoms. The number of benzene rings is 4. The van der Waals surface area contributed by atoms with Crippen molar-refractivity contribution in [1.82, 2.24) is 0 Å². The first-order chi connectivity index (χ1) is 14.8. The predicted octanol–water partition coefficient (Wildman–Crippen LogP) is 10.9. The molecule has 0 saturated carbocycles. The van der Waals surface area contributed by atoms with Gasteiger partial charge in [0.15, 0.2) is 0 Å². The van der Waals surface area contributed by atoms with E-state index in [0.29, 0.717) is 0 Å². The van der Waals surface area contributed by atoms with Crippen LogP contribution in [0.4, 0.5) is 0 Å². The van der Waals surface area contributed by atoms with Crippen LogP contribution in [0.25, 0.3) is 22.3 Å². The Morgan fingerprint density at radius 3 is 1.12 bits per heavy atom. The topological polar surface area (TPSA) is 0 Å². The normalized spacial score (nSPS) is 11.6. The van der Waals surface area contributed by atoms with Gasteiger partial charge in [-0.1, -0.05) is 154 Å². The number of rotatable bonds is 0. The molecule has 4 aromatic carbocycles. The van der Waals surface area contributed by atoms with Gasteiger partial charge in [-0.3, -0.25) is 0 Å². The smallest absolute Gasteiger partial charge is 0.0725 e. The lowest BCUT2D eigenvalue weighted by Gasteiger charge is -2.30. The molecule has 182 valence electrons. The molecule has 0 radical (unpaired) electrons. The molecule has 2 aliphatic rings. The molecule has 0 nitrogen and oxygen atoms in total. The fourth-order valence-electron chi connectivity index (χ4n) is 5.21. The lowest BCUT2D eigenvalue weighted by molar-refractivity contribution is 0.792. The van der Waals surface area contributed by atoms with Gasteiger partial charge < -0.3 is 0 Å². The van der Waals surface area contributed by atoms with E-state index in [9.17, 15) is 0 Å². The Morgan fingerprint density at radius 2 is 0.735 bits per heavy atom. The number of hydrogen-bond donors (Lipinski definition) is 0. The molecule has 0 fully saturated rings. The first kappa shape index (κ1) is 30.9. The molecule has 0 amide bonds. The lowest BCUT2D eigenvalue weighted by atomic mass is 9.70. The molecule has 0 heterocycles. The van der Waals surface area contributed by atoms with Crippen LogP contribution in [0, 0.1) is 6.92 Å². The highest BCUT2D eigenvalue weighted by atomic mass is 14.5. The van der Waals surface area contributed by atoms with Gasteiger partial charge in [0.2, 0.25) is 0 Å². The molecule has 6 rings (SSSR count). The van der Waals surface area contributed by atoms with E-state index in [1.54, 1.807) is 0 Å². The van der Waals surface area contributed by atoms with E-state index in [-0.39, 0.29) is 35.1 Å². The maximum absolute atomic E-state index is 2.40. The molecule has 0 aromatic heterocycles. The van der Waals surface area contributed by atoms with Crippen LogP contribution < -0.4 is 0 Å². The molecule has 2 aliphatic carbocycles. The Morgan fingerprint density at radius 1 is 0.412 bits per heavy atom. The van der Waals surface area contributed by atoms with Crippen molar-refractivity contribution in [2.45, 2.75) is 69.7 Å². The van der Waals surface area contributed by atoms with Gasteiger partial charge in [0.1, 0.15) is 0 Å². The summed E-state index contributed by atoms with van der Waals surface area (Å²) >= 11 is 0. The minimum absolute atomic E-state index is 0. The summed E-state index contributed by atoms with van der Waals surface area (Å²) in [7, 11) is 0. The van der Waals surface area contributed by atoms with E-state index in [4.69, 9.17) is 0 Å². The third-order valence-electron chi connectivity index (χ3n) is 6.15. The minimum Gasteiger partial charge on any atom is -0.0776 e. The Labute approximate surface area is 210 Å². The molecule has 0 saturated heterocycles. The van der Waals surface area contributed by atoms with Crippen molar-refractivity contribution in [3.8, 4) is 22.3 Å². The Hall–Kier alpha value is -3.12. The third kappa shape index (κ3) is 4.00. The quantitative estimate of drug-likeness (QED) is 0.214. The fraction of sp³-hybridized carbons (Fsp3) is 0.294. The standard InChI is InChI=1S/C26H18.2C2H6.4CH4/c1-17-14-15-21-20-10-4-7-13-24(20)26(25(21)16-17)22-11-5-2-8-18(22)19-9-3-6-12-23(19)26;2*1-2;;;;/h2-16H,1H3;2*1-2H3;4*1H4. The summed E-state index contributed by atoms with van der Waals surface area (Å²) in [5, 5.41) is 0. The second-order valence-electron chi connectivity index (χ2n) is 7.44. The summed E-state index contributed by atoms with van der Waals surface area (Å²) in [5.74, 6) is 0. The zero-order valence-electron chi connectivity index (χ0n) is 18.7. The molecular weight excluding hydrogens is 408 g/mol. The minimum atomic E-state index is -0.189. The molecule has 0 unspecified atom stereocenters. The van der Waals surface area contributed by atoms with Gasteiger partial charge >= 0.3 is 0 Å². The van der Waals surface area contributed by atoms with Gasteiger partial charge in [-0.05, 0) is 51.4 Å². The van der Waals surface area contributed by atoms with Crippen molar-refractivity contribution < 1.29 is 0 Å². The van der Waals surface area contributed by atoms with E-state index in [2.05, 4.69) is 97.9 Å². The van der Waals surface area contributed by atoms with E-state index in [0.717, 1.165) is 0 Å². The zero-order chi connectivity index (χ0) is 21.3.